The van der Waals surface area contributed by atoms with Gasteiger partial charge in [0.05, 0.1) is 10.5 Å². The molecule has 2 aromatic rings. The Kier molecular flexibility index (Phi) is 3.23. The van der Waals surface area contributed by atoms with Gasteiger partial charge in [-0.25, -0.2) is 14.4 Å². The minimum absolute atomic E-state index is 0.0271. The SMILES string of the molecule is Cc1c(N)ncnc1Oc1c(F)cccc1[N+](=O)[O-]. The largest absolute Gasteiger partial charge is 0.428 e. The van der Waals surface area contributed by atoms with Crippen LogP contribution in [0.1, 0.15) is 5.56 Å². The summed E-state index contributed by atoms with van der Waals surface area (Å²) in [5, 5.41) is 10.8. The van der Waals surface area contributed by atoms with Crippen molar-refractivity contribution in [1.82, 2.24) is 9.97 Å². The molecule has 98 valence electrons. The van der Waals surface area contributed by atoms with E-state index in [1.807, 2.05) is 0 Å². The Labute approximate surface area is 107 Å². The van der Waals surface area contributed by atoms with E-state index in [-0.39, 0.29) is 11.7 Å². The van der Waals surface area contributed by atoms with Crippen LogP contribution in [0.25, 0.3) is 0 Å². The Morgan fingerprint density at radius 1 is 1.42 bits per heavy atom. The summed E-state index contributed by atoms with van der Waals surface area (Å²) < 4.78 is 18.8. The first-order valence-corrected chi connectivity index (χ1v) is 5.18. The van der Waals surface area contributed by atoms with Gasteiger partial charge in [0.2, 0.25) is 11.6 Å². The van der Waals surface area contributed by atoms with Gasteiger partial charge in [-0.05, 0) is 13.0 Å². The van der Waals surface area contributed by atoms with E-state index in [4.69, 9.17) is 10.5 Å². The van der Waals surface area contributed by atoms with E-state index in [1.165, 1.54) is 6.07 Å². The van der Waals surface area contributed by atoms with Crippen molar-refractivity contribution < 1.29 is 14.1 Å². The molecule has 0 aliphatic carbocycles. The highest BCUT2D eigenvalue weighted by Crippen LogP contribution is 2.34. The monoisotopic (exact) mass is 264 g/mol. The molecule has 2 rings (SSSR count). The summed E-state index contributed by atoms with van der Waals surface area (Å²) in [6.07, 6.45) is 1.13. The molecule has 1 aromatic heterocycles. The maximum Gasteiger partial charge on any atom is 0.314 e. The molecule has 2 N–H and O–H groups in total. The lowest BCUT2D eigenvalue weighted by molar-refractivity contribution is -0.385. The molecule has 0 spiro atoms. The van der Waals surface area contributed by atoms with Gasteiger partial charge in [0.25, 0.3) is 0 Å². The highest BCUT2D eigenvalue weighted by atomic mass is 19.1. The van der Waals surface area contributed by atoms with Gasteiger partial charge in [-0.3, -0.25) is 10.1 Å². The highest BCUT2D eigenvalue weighted by Gasteiger charge is 2.21. The second-order valence-corrected chi connectivity index (χ2v) is 3.64. The van der Waals surface area contributed by atoms with Crippen molar-refractivity contribution in [2.75, 3.05) is 5.73 Å². The third-order valence-corrected chi connectivity index (χ3v) is 2.42. The van der Waals surface area contributed by atoms with Gasteiger partial charge in [-0.1, -0.05) is 6.07 Å². The molecule has 0 aliphatic rings. The molecule has 0 saturated heterocycles. The van der Waals surface area contributed by atoms with E-state index in [1.54, 1.807) is 6.92 Å². The summed E-state index contributed by atoms with van der Waals surface area (Å²) in [5.74, 6) is -1.23. The number of halogens is 1. The number of ether oxygens (including phenoxy) is 1. The lowest BCUT2D eigenvalue weighted by Crippen LogP contribution is -2.01. The highest BCUT2D eigenvalue weighted by molar-refractivity contribution is 5.51. The number of hydrogen-bond donors (Lipinski definition) is 1. The number of benzene rings is 1. The second-order valence-electron chi connectivity index (χ2n) is 3.64. The second kappa shape index (κ2) is 4.84. The average Bonchev–Trinajstić information content (AvgIpc) is 2.36. The molecule has 1 heterocycles. The molecular weight excluding hydrogens is 255 g/mol. The number of anilines is 1. The van der Waals surface area contributed by atoms with Gasteiger partial charge in [0.15, 0.2) is 5.82 Å². The quantitative estimate of drug-likeness (QED) is 0.673. The van der Waals surface area contributed by atoms with Crippen LogP contribution in [0.4, 0.5) is 15.9 Å². The number of nitro benzene ring substituents is 1. The van der Waals surface area contributed by atoms with Gasteiger partial charge in [-0.15, -0.1) is 0 Å². The number of nitrogens with zero attached hydrogens (tertiary/aromatic N) is 3. The lowest BCUT2D eigenvalue weighted by Gasteiger charge is -2.09. The Bertz CT molecular complexity index is 648. The van der Waals surface area contributed by atoms with Crippen LogP contribution in [0.2, 0.25) is 0 Å². The van der Waals surface area contributed by atoms with Crippen molar-refractivity contribution in [3.8, 4) is 11.6 Å². The van der Waals surface area contributed by atoms with Gasteiger partial charge in [-0.2, -0.15) is 0 Å². The van der Waals surface area contributed by atoms with Crippen molar-refractivity contribution in [3.63, 3.8) is 0 Å². The van der Waals surface area contributed by atoms with Crippen molar-refractivity contribution in [3.05, 3.63) is 46.0 Å². The van der Waals surface area contributed by atoms with Crippen LogP contribution in [0.15, 0.2) is 24.5 Å². The van der Waals surface area contributed by atoms with E-state index >= 15 is 0 Å². The maximum atomic E-state index is 13.6. The van der Waals surface area contributed by atoms with Crippen LogP contribution in [0, 0.1) is 22.9 Å². The molecule has 19 heavy (non-hydrogen) atoms. The zero-order chi connectivity index (χ0) is 14.0. The first kappa shape index (κ1) is 12.7. The van der Waals surface area contributed by atoms with Gasteiger partial charge < -0.3 is 10.5 Å². The number of hydrogen-bond acceptors (Lipinski definition) is 6. The number of nitro groups is 1. The summed E-state index contributed by atoms with van der Waals surface area (Å²) in [6.45, 7) is 1.57. The molecule has 0 fully saturated rings. The summed E-state index contributed by atoms with van der Waals surface area (Å²) in [7, 11) is 0. The normalized spacial score (nSPS) is 10.2. The van der Waals surface area contributed by atoms with Crippen molar-refractivity contribution >= 4 is 11.5 Å². The van der Waals surface area contributed by atoms with Crippen LogP contribution >= 0.6 is 0 Å². The topological polar surface area (TPSA) is 104 Å². The van der Waals surface area contributed by atoms with Crippen molar-refractivity contribution in [2.45, 2.75) is 6.92 Å². The Hall–Kier alpha value is -2.77. The maximum absolute atomic E-state index is 13.6. The Morgan fingerprint density at radius 2 is 2.16 bits per heavy atom. The number of rotatable bonds is 3. The average molecular weight is 264 g/mol. The molecule has 0 unspecified atom stereocenters. The van der Waals surface area contributed by atoms with Crippen LogP contribution in [-0.2, 0) is 0 Å². The number of nitrogens with two attached hydrogens (primary N) is 1. The molecule has 8 heteroatoms. The minimum atomic E-state index is -0.856. The zero-order valence-corrected chi connectivity index (χ0v) is 9.83. The third kappa shape index (κ3) is 2.41. The van der Waals surface area contributed by atoms with Gasteiger partial charge >= 0.3 is 5.69 Å². The van der Waals surface area contributed by atoms with Crippen molar-refractivity contribution in [1.29, 1.82) is 0 Å². The summed E-state index contributed by atoms with van der Waals surface area (Å²) >= 11 is 0. The molecular formula is C11H9FN4O3. The third-order valence-electron chi connectivity index (χ3n) is 2.42. The number of aromatic nitrogens is 2. The molecule has 7 nitrogen and oxygen atoms in total. The molecule has 0 bridgehead atoms. The minimum Gasteiger partial charge on any atom is -0.428 e. The van der Waals surface area contributed by atoms with E-state index in [0.29, 0.717) is 5.56 Å². The Balaban J connectivity index is 2.49. The van der Waals surface area contributed by atoms with E-state index in [9.17, 15) is 14.5 Å². The summed E-state index contributed by atoms with van der Waals surface area (Å²) in [5.41, 5.74) is 5.44. The van der Waals surface area contributed by atoms with Gasteiger partial charge in [0, 0.05) is 6.07 Å². The molecule has 0 atom stereocenters. The van der Waals surface area contributed by atoms with E-state index in [2.05, 4.69) is 9.97 Å². The predicted octanol–water partition coefficient (Wildman–Crippen LogP) is 2.21. The van der Waals surface area contributed by atoms with Crippen LogP contribution < -0.4 is 10.5 Å². The zero-order valence-electron chi connectivity index (χ0n) is 9.83. The van der Waals surface area contributed by atoms with Crippen LogP contribution in [0.5, 0.6) is 11.6 Å². The Morgan fingerprint density at radius 3 is 2.84 bits per heavy atom. The molecule has 0 amide bonds. The summed E-state index contributed by atoms with van der Waals surface area (Å²) in [4.78, 5) is 17.6. The van der Waals surface area contributed by atoms with E-state index < -0.39 is 22.2 Å². The fourth-order valence-electron chi connectivity index (χ4n) is 1.39. The first-order valence-electron chi connectivity index (χ1n) is 5.18. The van der Waals surface area contributed by atoms with E-state index in [0.717, 1.165) is 18.5 Å². The number of nitrogen functional groups attached to an aromatic ring is 1. The van der Waals surface area contributed by atoms with Crippen LogP contribution in [-0.4, -0.2) is 14.9 Å². The molecule has 0 saturated carbocycles. The fraction of sp³-hybridized carbons (Fsp3) is 0.0909. The lowest BCUT2D eigenvalue weighted by atomic mass is 10.3. The number of para-hydroxylation sites is 1. The smallest absolute Gasteiger partial charge is 0.314 e. The fourth-order valence-corrected chi connectivity index (χ4v) is 1.39. The first-order chi connectivity index (χ1) is 9.00. The predicted molar refractivity (Wildman–Crippen MR) is 64.3 cm³/mol. The summed E-state index contributed by atoms with van der Waals surface area (Å²) in [6, 6.07) is 3.42. The van der Waals surface area contributed by atoms with Crippen molar-refractivity contribution in [2.24, 2.45) is 0 Å². The molecule has 1 aromatic carbocycles. The molecule has 0 radical (unpaired) electrons. The molecule has 0 aliphatic heterocycles. The van der Waals surface area contributed by atoms with Gasteiger partial charge in [0.1, 0.15) is 12.1 Å². The van der Waals surface area contributed by atoms with Crippen LogP contribution in [0.3, 0.4) is 0 Å². The standard InChI is InChI=1S/C11H9FN4O3/c1-6-10(13)14-5-15-11(6)19-9-7(12)3-2-4-8(9)16(17)18/h2-5H,1H3,(H2,13,14,15).